The number of aliphatic imine (C=N–C) groups is 1. The molecule has 0 radical (unpaired) electrons. The average Bonchev–Trinajstić information content (AvgIpc) is 2.07. The summed E-state index contributed by atoms with van der Waals surface area (Å²) < 4.78 is 5.37. The Kier molecular flexibility index (Phi) is 5.32. The molecule has 14 heavy (non-hydrogen) atoms. The molecule has 1 aliphatic rings. The average molecular weight is 200 g/mol. The Bertz CT molecular complexity index is 172. The molecule has 0 aromatic rings. The first-order valence-corrected chi connectivity index (χ1v) is 5.14. The minimum absolute atomic E-state index is 0.181. The summed E-state index contributed by atoms with van der Waals surface area (Å²) in [6.45, 7) is 5.55. The smallest absolute Gasteiger partial charge is 0.185 e. The van der Waals surface area contributed by atoms with Crippen LogP contribution in [-0.4, -0.2) is 50.3 Å². The van der Waals surface area contributed by atoms with Gasteiger partial charge in [-0.15, -0.1) is 0 Å². The van der Waals surface area contributed by atoms with Crippen LogP contribution in [0, 0.1) is 0 Å². The van der Waals surface area contributed by atoms with Crippen molar-refractivity contribution < 1.29 is 4.74 Å². The van der Waals surface area contributed by atoms with Crippen LogP contribution in [0.4, 0.5) is 0 Å². The van der Waals surface area contributed by atoms with Gasteiger partial charge in [-0.05, 0) is 12.8 Å². The van der Waals surface area contributed by atoms with Gasteiger partial charge in [0, 0.05) is 32.8 Å². The summed E-state index contributed by atoms with van der Waals surface area (Å²) >= 11 is 0. The Balaban J connectivity index is 2.17. The first kappa shape index (κ1) is 11.3. The first-order valence-electron chi connectivity index (χ1n) is 5.14. The number of hydrogen-bond acceptors (Lipinski definition) is 3. The summed E-state index contributed by atoms with van der Waals surface area (Å²) in [4.78, 5) is 6.36. The Morgan fingerprint density at radius 1 is 1.21 bits per heavy atom. The SMILES string of the molecule is NC(N)=NCCN1CCCOCCC1. The van der Waals surface area contributed by atoms with E-state index in [4.69, 9.17) is 16.2 Å². The second kappa shape index (κ2) is 6.62. The molecule has 0 amide bonds. The molecule has 4 N–H and O–H groups in total. The molecular formula is C9H20N4O. The number of ether oxygens (including phenoxy) is 1. The molecule has 0 spiro atoms. The number of hydrogen-bond donors (Lipinski definition) is 2. The van der Waals surface area contributed by atoms with E-state index in [1.54, 1.807) is 0 Å². The highest BCUT2D eigenvalue weighted by Gasteiger charge is 2.06. The zero-order valence-corrected chi connectivity index (χ0v) is 8.61. The summed E-state index contributed by atoms with van der Waals surface area (Å²) in [5, 5.41) is 0. The fourth-order valence-electron chi connectivity index (χ4n) is 1.54. The number of nitrogens with zero attached hydrogens (tertiary/aromatic N) is 2. The van der Waals surface area contributed by atoms with Crippen molar-refractivity contribution >= 4 is 5.96 Å². The van der Waals surface area contributed by atoms with Gasteiger partial charge in [0.25, 0.3) is 0 Å². The predicted octanol–water partition coefficient (Wildman–Crippen LogP) is -0.628. The summed E-state index contributed by atoms with van der Waals surface area (Å²) in [6, 6.07) is 0. The lowest BCUT2D eigenvalue weighted by atomic mass is 10.3. The van der Waals surface area contributed by atoms with Crippen molar-refractivity contribution in [2.45, 2.75) is 12.8 Å². The molecule has 1 saturated heterocycles. The first-order chi connectivity index (χ1) is 6.79. The van der Waals surface area contributed by atoms with Crippen LogP contribution in [0.1, 0.15) is 12.8 Å². The standard InChI is InChI=1S/C9H20N4O/c10-9(11)12-3-6-13-4-1-7-14-8-2-5-13/h1-8H2,(H4,10,11,12). The number of nitrogens with two attached hydrogens (primary N) is 2. The Morgan fingerprint density at radius 2 is 1.86 bits per heavy atom. The van der Waals surface area contributed by atoms with Gasteiger partial charge in [-0.3, -0.25) is 4.99 Å². The van der Waals surface area contributed by atoms with Gasteiger partial charge in [-0.1, -0.05) is 0 Å². The fourth-order valence-corrected chi connectivity index (χ4v) is 1.54. The van der Waals surface area contributed by atoms with E-state index in [-0.39, 0.29) is 5.96 Å². The number of guanidine groups is 1. The second-order valence-corrected chi connectivity index (χ2v) is 3.47. The molecule has 1 fully saturated rings. The monoisotopic (exact) mass is 200 g/mol. The van der Waals surface area contributed by atoms with Crippen molar-refractivity contribution in [1.29, 1.82) is 0 Å². The number of rotatable bonds is 3. The summed E-state index contributed by atoms with van der Waals surface area (Å²) in [7, 11) is 0. The largest absolute Gasteiger partial charge is 0.381 e. The Labute approximate surface area is 85.1 Å². The van der Waals surface area contributed by atoms with Crippen LogP contribution >= 0.6 is 0 Å². The molecule has 0 atom stereocenters. The quantitative estimate of drug-likeness (QED) is 0.470. The maximum atomic E-state index is 5.37. The molecule has 0 unspecified atom stereocenters. The molecule has 0 aliphatic carbocycles. The third kappa shape index (κ3) is 5.04. The lowest BCUT2D eigenvalue weighted by Crippen LogP contribution is -2.32. The molecule has 0 saturated carbocycles. The topological polar surface area (TPSA) is 76.9 Å². The lowest BCUT2D eigenvalue weighted by Gasteiger charge is -2.23. The molecule has 0 bridgehead atoms. The van der Waals surface area contributed by atoms with Crippen molar-refractivity contribution in [1.82, 2.24) is 4.90 Å². The van der Waals surface area contributed by atoms with Crippen LogP contribution in [0.3, 0.4) is 0 Å². The van der Waals surface area contributed by atoms with Gasteiger partial charge in [0.15, 0.2) is 5.96 Å². The van der Waals surface area contributed by atoms with Crippen LogP contribution in [0.2, 0.25) is 0 Å². The Hall–Kier alpha value is -0.810. The van der Waals surface area contributed by atoms with E-state index >= 15 is 0 Å². The van der Waals surface area contributed by atoms with Gasteiger partial charge in [0.05, 0.1) is 6.54 Å². The van der Waals surface area contributed by atoms with E-state index in [0.29, 0.717) is 6.54 Å². The maximum Gasteiger partial charge on any atom is 0.185 e. The van der Waals surface area contributed by atoms with Gasteiger partial charge in [-0.25, -0.2) is 0 Å². The summed E-state index contributed by atoms with van der Waals surface area (Å²) in [5.41, 5.74) is 10.5. The van der Waals surface area contributed by atoms with Crippen LogP contribution < -0.4 is 11.5 Å². The molecule has 82 valence electrons. The van der Waals surface area contributed by atoms with Crippen molar-refractivity contribution in [3.8, 4) is 0 Å². The normalized spacial score (nSPS) is 19.7. The molecule has 0 aromatic heterocycles. The molecular weight excluding hydrogens is 180 g/mol. The van der Waals surface area contributed by atoms with Crippen molar-refractivity contribution in [3.63, 3.8) is 0 Å². The highest BCUT2D eigenvalue weighted by Crippen LogP contribution is 1.99. The van der Waals surface area contributed by atoms with Crippen molar-refractivity contribution in [2.24, 2.45) is 16.5 Å². The minimum atomic E-state index is 0.181. The van der Waals surface area contributed by atoms with Gasteiger partial charge in [0.2, 0.25) is 0 Å². The molecule has 5 nitrogen and oxygen atoms in total. The van der Waals surface area contributed by atoms with E-state index in [1.807, 2.05) is 0 Å². The highest BCUT2D eigenvalue weighted by atomic mass is 16.5. The van der Waals surface area contributed by atoms with Crippen LogP contribution in [0.15, 0.2) is 4.99 Å². The molecule has 1 heterocycles. The molecule has 1 aliphatic heterocycles. The van der Waals surface area contributed by atoms with E-state index in [2.05, 4.69) is 9.89 Å². The molecule has 5 heteroatoms. The van der Waals surface area contributed by atoms with Gasteiger partial charge in [-0.2, -0.15) is 0 Å². The van der Waals surface area contributed by atoms with Gasteiger partial charge >= 0.3 is 0 Å². The van der Waals surface area contributed by atoms with Crippen LogP contribution in [0.25, 0.3) is 0 Å². The zero-order valence-electron chi connectivity index (χ0n) is 8.61. The van der Waals surface area contributed by atoms with Crippen molar-refractivity contribution in [2.75, 3.05) is 39.4 Å². The summed E-state index contributed by atoms with van der Waals surface area (Å²) in [6.07, 6.45) is 2.20. The molecule has 1 rings (SSSR count). The van der Waals surface area contributed by atoms with Gasteiger partial charge < -0.3 is 21.1 Å². The summed E-state index contributed by atoms with van der Waals surface area (Å²) in [5.74, 6) is 0.181. The zero-order chi connectivity index (χ0) is 10.2. The third-order valence-corrected chi connectivity index (χ3v) is 2.24. The predicted molar refractivity (Wildman–Crippen MR) is 57.2 cm³/mol. The third-order valence-electron chi connectivity index (χ3n) is 2.24. The van der Waals surface area contributed by atoms with Crippen LogP contribution in [-0.2, 0) is 4.74 Å². The van der Waals surface area contributed by atoms with Crippen molar-refractivity contribution in [3.05, 3.63) is 0 Å². The minimum Gasteiger partial charge on any atom is -0.381 e. The van der Waals surface area contributed by atoms with E-state index in [0.717, 1.165) is 45.7 Å². The fraction of sp³-hybridized carbons (Fsp3) is 0.889. The second-order valence-electron chi connectivity index (χ2n) is 3.47. The van der Waals surface area contributed by atoms with E-state index in [9.17, 15) is 0 Å². The van der Waals surface area contributed by atoms with E-state index < -0.39 is 0 Å². The maximum absolute atomic E-state index is 5.37. The lowest BCUT2D eigenvalue weighted by molar-refractivity contribution is 0.0897. The molecule has 0 aromatic carbocycles. The highest BCUT2D eigenvalue weighted by molar-refractivity contribution is 5.75. The Morgan fingerprint density at radius 3 is 2.43 bits per heavy atom. The van der Waals surface area contributed by atoms with E-state index in [1.165, 1.54) is 0 Å². The van der Waals surface area contributed by atoms with Gasteiger partial charge in [0.1, 0.15) is 0 Å². The van der Waals surface area contributed by atoms with Crippen LogP contribution in [0.5, 0.6) is 0 Å².